The summed E-state index contributed by atoms with van der Waals surface area (Å²) in [4.78, 5) is 24.8. The van der Waals surface area contributed by atoms with E-state index < -0.39 is 9.85 Å². The Morgan fingerprint density at radius 2 is 1.00 bits per heavy atom. The van der Waals surface area contributed by atoms with E-state index in [2.05, 4.69) is 39.2 Å². The topological polar surface area (TPSA) is 201 Å². The monoisotopic (exact) mass is 828 g/mol. The number of nitro benzene ring substituents is 2. The van der Waals surface area contributed by atoms with Crippen molar-refractivity contribution >= 4 is 45.5 Å². The van der Waals surface area contributed by atoms with Gasteiger partial charge in [-0.05, 0) is 49.2 Å². The minimum Gasteiger partial charge on any atom is -0.506 e. The molecule has 0 amide bonds. The number of nitrogens with zero attached hydrogens (tertiary/aromatic N) is 8. The number of phenols is 2. The fourth-order valence-corrected chi connectivity index (χ4v) is 5.44. The van der Waals surface area contributed by atoms with Gasteiger partial charge in [-0.15, -0.1) is 20.5 Å². The van der Waals surface area contributed by atoms with Crippen molar-refractivity contribution in [2.75, 3.05) is 51.2 Å². The molecule has 4 rings (SSSR count). The average molecular weight is 829 g/mol. The van der Waals surface area contributed by atoms with Gasteiger partial charge in [0.25, 0.3) is 11.4 Å². The van der Waals surface area contributed by atoms with Crippen molar-refractivity contribution in [3.05, 3.63) is 93.0 Å². The largest absolute Gasteiger partial charge is 0.506 e. The van der Waals surface area contributed by atoms with Gasteiger partial charge in [0.15, 0.2) is 5.75 Å². The summed E-state index contributed by atoms with van der Waals surface area (Å²) in [6, 6.07) is 18.6. The normalized spacial score (nSPS) is 10.8. The first kappa shape index (κ1) is 47.4. The molecule has 0 bridgehead atoms. The van der Waals surface area contributed by atoms with Crippen molar-refractivity contribution in [1.29, 1.82) is 0 Å². The number of nitro groups is 2. The van der Waals surface area contributed by atoms with Crippen LogP contribution >= 0.6 is 0 Å². The first-order valence-corrected chi connectivity index (χ1v) is 18.5. The molecule has 0 spiro atoms. The van der Waals surface area contributed by atoms with Crippen LogP contribution in [0.4, 0.5) is 45.5 Å². The van der Waals surface area contributed by atoms with E-state index in [0.717, 1.165) is 43.4 Å². The van der Waals surface area contributed by atoms with Gasteiger partial charge >= 0.3 is 0 Å². The van der Waals surface area contributed by atoms with E-state index in [-0.39, 0.29) is 51.4 Å². The molecule has 308 valence electrons. The third kappa shape index (κ3) is 15.0. The number of benzene rings is 4. The van der Waals surface area contributed by atoms with Crippen molar-refractivity contribution < 1.29 is 46.6 Å². The van der Waals surface area contributed by atoms with Crippen molar-refractivity contribution in [1.82, 2.24) is 0 Å². The van der Waals surface area contributed by atoms with Gasteiger partial charge in [0.2, 0.25) is 0 Å². The van der Waals surface area contributed by atoms with Gasteiger partial charge in [-0.3, -0.25) is 20.2 Å². The Morgan fingerprint density at radius 3 is 1.46 bits per heavy atom. The van der Waals surface area contributed by atoms with E-state index in [1.54, 1.807) is 18.2 Å². The van der Waals surface area contributed by atoms with Crippen LogP contribution in [0.1, 0.15) is 65.2 Å². The number of hydrogen-bond acceptors (Lipinski definition) is 14. The summed E-state index contributed by atoms with van der Waals surface area (Å²) in [6.45, 7) is 6.35. The second-order valence-electron chi connectivity index (χ2n) is 13.0. The minimum absolute atomic E-state index is 0. The molecule has 0 aromatic heterocycles. The van der Waals surface area contributed by atoms with Crippen LogP contribution in [0.15, 0.2) is 93.3 Å². The molecule has 4 aromatic rings. The van der Waals surface area contributed by atoms with Gasteiger partial charge in [-0.2, -0.15) is 0 Å². The molecular weight excluding hydrogens is 776 g/mol. The number of azo groups is 2. The molecule has 0 atom stereocenters. The molecule has 0 aliphatic carbocycles. The predicted molar refractivity (Wildman–Crippen MR) is 219 cm³/mol. The average Bonchev–Trinajstić information content (AvgIpc) is 3.19. The first-order valence-electron chi connectivity index (χ1n) is 18.5. The first-order chi connectivity index (χ1) is 26.9. The summed E-state index contributed by atoms with van der Waals surface area (Å²) in [6.07, 6.45) is 9.55. The van der Waals surface area contributed by atoms with Crippen molar-refractivity contribution in [2.45, 2.75) is 65.2 Å². The second kappa shape index (κ2) is 24.7. The van der Waals surface area contributed by atoms with Gasteiger partial charge in [0, 0.05) is 79.9 Å². The Bertz CT molecular complexity index is 1950. The predicted octanol–water partition coefficient (Wildman–Crippen LogP) is 11.5. The fraction of sp³-hybridized carbons (Fsp3) is 0.400. The van der Waals surface area contributed by atoms with Gasteiger partial charge in [0.1, 0.15) is 40.0 Å². The van der Waals surface area contributed by atoms with Gasteiger partial charge in [0.05, 0.1) is 36.2 Å². The molecule has 0 unspecified atom stereocenters. The van der Waals surface area contributed by atoms with E-state index in [9.17, 15) is 30.4 Å². The Morgan fingerprint density at radius 1 is 0.579 bits per heavy atom. The van der Waals surface area contributed by atoms with E-state index >= 15 is 0 Å². The maximum atomic E-state index is 10.9. The molecular formula is C40H52FeN8O8. The van der Waals surface area contributed by atoms with E-state index in [4.69, 9.17) is 9.47 Å². The van der Waals surface area contributed by atoms with Crippen molar-refractivity contribution in [3.63, 3.8) is 0 Å². The van der Waals surface area contributed by atoms with Gasteiger partial charge < -0.3 is 29.5 Å². The summed E-state index contributed by atoms with van der Waals surface area (Å²) in [5.74, 6) is 0.506. The molecule has 4 aromatic carbocycles. The Kier molecular flexibility index (Phi) is 20.5. The zero-order valence-electron chi connectivity index (χ0n) is 33.3. The van der Waals surface area contributed by atoms with E-state index in [1.165, 1.54) is 83.1 Å². The molecule has 0 radical (unpaired) electrons. The third-order valence-electron chi connectivity index (χ3n) is 8.64. The van der Waals surface area contributed by atoms with Gasteiger partial charge in [-0.1, -0.05) is 52.4 Å². The van der Waals surface area contributed by atoms with Crippen molar-refractivity contribution in [2.24, 2.45) is 20.5 Å². The standard InChI is InChI=1S/C25H36N4O4.C15H16N4O4.Fe/c1-4-6-8-10-16-28(17-11-9-7-5-2)20-12-14-22(24(30)18-20)26-27-23-15-13-21(29(31)32)19-25(23)33-3;1-18(2)10-4-7-13(15(9-10)23-3)17-16-12-6-5-11(19(21)22)8-14(12)20;/h12-15,18-19,30H,4-11,16-17H2,1-3H3;4-9,20H,1-3H3;. The van der Waals surface area contributed by atoms with Crippen LogP contribution in [-0.2, 0) is 17.1 Å². The van der Waals surface area contributed by atoms with Crippen LogP contribution < -0.4 is 19.3 Å². The van der Waals surface area contributed by atoms with Crippen LogP contribution in [0, 0.1) is 20.2 Å². The molecule has 17 heteroatoms. The Hall–Kier alpha value is -5.80. The molecule has 0 fully saturated rings. The quantitative estimate of drug-likeness (QED) is 0.0284. The number of phenolic OH excluding ortho intramolecular Hbond substituents is 2. The van der Waals surface area contributed by atoms with Crippen LogP contribution in [0.2, 0.25) is 0 Å². The molecule has 0 saturated heterocycles. The molecule has 0 aliphatic heterocycles. The van der Waals surface area contributed by atoms with Crippen LogP contribution in [0.5, 0.6) is 23.0 Å². The smallest absolute Gasteiger partial charge is 0.273 e. The number of aromatic hydroxyl groups is 2. The van der Waals surface area contributed by atoms with Gasteiger partial charge in [-0.25, -0.2) is 0 Å². The molecule has 0 aliphatic rings. The number of non-ortho nitro benzene ring substituents is 2. The number of anilines is 2. The van der Waals surface area contributed by atoms with E-state index in [0.29, 0.717) is 22.8 Å². The molecule has 0 saturated carbocycles. The summed E-state index contributed by atoms with van der Waals surface area (Å²) in [5, 5.41) is 58.1. The number of methoxy groups -OCH3 is 2. The number of rotatable bonds is 20. The summed E-state index contributed by atoms with van der Waals surface area (Å²) in [5.41, 5.74) is 2.91. The van der Waals surface area contributed by atoms with Crippen LogP contribution in [0.25, 0.3) is 0 Å². The van der Waals surface area contributed by atoms with E-state index in [1.807, 2.05) is 37.2 Å². The maximum Gasteiger partial charge on any atom is 0.273 e. The number of ether oxygens (including phenoxy) is 2. The molecule has 57 heavy (non-hydrogen) atoms. The maximum absolute atomic E-state index is 10.9. The Balaban J connectivity index is 0.000000410. The Labute approximate surface area is 344 Å². The summed E-state index contributed by atoms with van der Waals surface area (Å²) < 4.78 is 10.5. The second-order valence-corrected chi connectivity index (χ2v) is 13.0. The zero-order chi connectivity index (χ0) is 41.0. The third-order valence-corrected chi connectivity index (χ3v) is 8.64. The molecule has 16 nitrogen and oxygen atoms in total. The van der Waals surface area contributed by atoms with Crippen LogP contribution in [-0.4, -0.2) is 61.5 Å². The van der Waals surface area contributed by atoms with Crippen LogP contribution in [0.3, 0.4) is 0 Å². The fourth-order valence-electron chi connectivity index (χ4n) is 5.44. The molecule has 2 N–H and O–H groups in total. The number of unbranched alkanes of at least 4 members (excludes halogenated alkanes) is 6. The minimum atomic E-state index is -0.594. The zero-order valence-corrected chi connectivity index (χ0v) is 34.4. The summed E-state index contributed by atoms with van der Waals surface area (Å²) >= 11 is 0. The molecule has 0 heterocycles. The summed E-state index contributed by atoms with van der Waals surface area (Å²) in [7, 11) is 6.76. The SMILES string of the molecule is CCCCCCN(CCCCCC)c1ccc(N=Nc2ccc([N+](=O)[O-])cc2OC)c(O)c1.COc1cc(N(C)C)ccc1N=Nc1ccc([N+](=O)[O-])cc1O.[Fe]. The number of hydrogen-bond donors (Lipinski definition) is 2. The van der Waals surface area contributed by atoms with Crippen molar-refractivity contribution in [3.8, 4) is 23.0 Å².